The van der Waals surface area contributed by atoms with E-state index in [0.717, 1.165) is 31.7 Å². The molecule has 3 rings (SSSR count). The molecule has 1 heterocycles. The fourth-order valence-electron chi connectivity index (χ4n) is 4.86. The van der Waals surface area contributed by atoms with Crippen molar-refractivity contribution in [2.75, 3.05) is 6.54 Å². The van der Waals surface area contributed by atoms with Crippen LogP contribution in [0.1, 0.15) is 64.7 Å². The van der Waals surface area contributed by atoms with Gasteiger partial charge < -0.3 is 10.6 Å². The average molecular weight is 278 g/mol. The van der Waals surface area contributed by atoms with Crippen LogP contribution in [0, 0.1) is 17.8 Å². The molecule has 3 aliphatic rings. The molecule has 2 N–H and O–H groups in total. The van der Waals surface area contributed by atoms with Gasteiger partial charge in [0.25, 0.3) is 0 Å². The number of carbonyl (C=O) groups excluding carboxylic acids is 1. The van der Waals surface area contributed by atoms with E-state index in [4.69, 9.17) is 5.73 Å². The summed E-state index contributed by atoms with van der Waals surface area (Å²) in [5.74, 6) is 1.78. The summed E-state index contributed by atoms with van der Waals surface area (Å²) in [6.07, 6.45) is 11.1. The molecule has 0 spiro atoms. The summed E-state index contributed by atoms with van der Waals surface area (Å²) in [4.78, 5) is 15.3. The first kappa shape index (κ1) is 14.4. The van der Waals surface area contributed by atoms with E-state index in [-0.39, 0.29) is 12.0 Å². The third kappa shape index (κ3) is 2.61. The third-order valence-corrected chi connectivity index (χ3v) is 6.21. The molecule has 0 aromatic heterocycles. The third-order valence-electron chi connectivity index (χ3n) is 6.21. The van der Waals surface area contributed by atoms with E-state index < -0.39 is 0 Å². The zero-order chi connectivity index (χ0) is 14.1. The van der Waals surface area contributed by atoms with Gasteiger partial charge in [-0.3, -0.25) is 4.79 Å². The van der Waals surface area contributed by atoms with Crippen LogP contribution in [0.25, 0.3) is 0 Å². The Hall–Kier alpha value is -0.570. The zero-order valence-corrected chi connectivity index (χ0v) is 12.9. The summed E-state index contributed by atoms with van der Waals surface area (Å²) in [7, 11) is 0. The summed E-state index contributed by atoms with van der Waals surface area (Å²) in [5, 5.41) is 0. The zero-order valence-electron chi connectivity index (χ0n) is 12.9. The Kier molecular flexibility index (Phi) is 4.34. The Morgan fingerprint density at radius 1 is 1.00 bits per heavy atom. The maximum Gasteiger partial charge on any atom is 0.226 e. The molecule has 0 aromatic rings. The van der Waals surface area contributed by atoms with E-state index in [1.807, 2.05) is 0 Å². The van der Waals surface area contributed by atoms with Crippen molar-refractivity contribution in [1.29, 1.82) is 0 Å². The standard InChI is InChI=1S/C17H30N2O/c1-12-14(8-4-9-15(12)18)17(20)19-11-5-7-13-6-2-3-10-16(13)19/h12-16H,2-11,18H2,1H3/t12?,13-,14?,15?,16-/m1/s1. The first-order valence-corrected chi connectivity index (χ1v) is 8.74. The van der Waals surface area contributed by atoms with Gasteiger partial charge in [0, 0.05) is 24.5 Å². The summed E-state index contributed by atoms with van der Waals surface area (Å²) < 4.78 is 0. The van der Waals surface area contributed by atoms with Crippen LogP contribution in [0.2, 0.25) is 0 Å². The summed E-state index contributed by atoms with van der Waals surface area (Å²) in [5.41, 5.74) is 6.20. The van der Waals surface area contributed by atoms with Gasteiger partial charge >= 0.3 is 0 Å². The lowest BCUT2D eigenvalue weighted by Crippen LogP contribution is -2.54. The van der Waals surface area contributed by atoms with Crippen molar-refractivity contribution >= 4 is 5.91 Å². The molecule has 2 saturated carbocycles. The highest BCUT2D eigenvalue weighted by molar-refractivity contribution is 5.79. The Morgan fingerprint density at radius 2 is 1.75 bits per heavy atom. The number of likely N-dealkylation sites (tertiary alicyclic amines) is 1. The minimum Gasteiger partial charge on any atom is -0.339 e. The smallest absolute Gasteiger partial charge is 0.226 e. The van der Waals surface area contributed by atoms with Crippen LogP contribution in [0.5, 0.6) is 0 Å². The number of nitrogens with two attached hydrogens (primary N) is 1. The molecule has 3 nitrogen and oxygen atoms in total. The molecule has 3 unspecified atom stereocenters. The van der Waals surface area contributed by atoms with Gasteiger partial charge in [0.1, 0.15) is 0 Å². The molecular formula is C17H30N2O. The molecule has 0 aromatic carbocycles. The quantitative estimate of drug-likeness (QED) is 0.801. The normalized spacial score (nSPS) is 42.1. The van der Waals surface area contributed by atoms with E-state index in [1.165, 1.54) is 38.5 Å². The maximum absolute atomic E-state index is 13.0. The SMILES string of the molecule is CC1C(N)CCCC1C(=O)N1CCC[C@H]2CCCC[C@H]21. The fourth-order valence-corrected chi connectivity index (χ4v) is 4.86. The van der Waals surface area contributed by atoms with Crippen LogP contribution in [-0.4, -0.2) is 29.4 Å². The Morgan fingerprint density at radius 3 is 2.60 bits per heavy atom. The maximum atomic E-state index is 13.0. The van der Waals surface area contributed by atoms with Gasteiger partial charge in [-0.05, 0) is 50.4 Å². The van der Waals surface area contributed by atoms with Crippen molar-refractivity contribution in [3.8, 4) is 0 Å². The van der Waals surface area contributed by atoms with E-state index in [0.29, 0.717) is 17.9 Å². The average Bonchev–Trinajstić information content (AvgIpc) is 2.49. The van der Waals surface area contributed by atoms with Crippen LogP contribution >= 0.6 is 0 Å². The lowest BCUT2D eigenvalue weighted by Gasteiger charge is -2.46. The molecular weight excluding hydrogens is 248 g/mol. The Labute approximate surface area is 123 Å². The molecule has 114 valence electrons. The molecule has 5 atom stereocenters. The second-order valence-corrected chi connectivity index (χ2v) is 7.35. The van der Waals surface area contributed by atoms with E-state index >= 15 is 0 Å². The number of nitrogens with zero attached hydrogens (tertiary/aromatic N) is 1. The second kappa shape index (κ2) is 6.05. The van der Waals surface area contributed by atoms with Crippen LogP contribution in [0.15, 0.2) is 0 Å². The number of carbonyl (C=O) groups is 1. The number of hydrogen-bond donors (Lipinski definition) is 1. The summed E-state index contributed by atoms with van der Waals surface area (Å²) in [6, 6.07) is 0.778. The van der Waals surface area contributed by atoms with Crippen molar-refractivity contribution in [3.63, 3.8) is 0 Å². The van der Waals surface area contributed by atoms with Gasteiger partial charge in [-0.15, -0.1) is 0 Å². The molecule has 1 saturated heterocycles. The number of fused-ring (bicyclic) bond motifs is 1. The molecule has 1 amide bonds. The highest BCUT2D eigenvalue weighted by Gasteiger charge is 2.41. The lowest BCUT2D eigenvalue weighted by atomic mass is 9.74. The van der Waals surface area contributed by atoms with Gasteiger partial charge in [0.15, 0.2) is 0 Å². The van der Waals surface area contributed by atoms with Gasteiger partial charge in [-0.1, -0.05) is 26.2 Å². The molecule has 0 bridgehead atoms. The predicted octanol–water partition coefficient (Wildman–Crippen LogP) is 2.93. The monoisotopic (exact) mass is 278 g/mol. The minimum absolute atomic E-state index is 0.194. The number of amides is 1. The van der Waals surface area contributed by atoms with Crippen LogP contribution < -0.4 is 5.73 Å². The minimum atomic E-state index is 0.194. The van der Waals surface area contributed by atoms with Crippen molar-refractivity contribution in [2.45, 2.75) is 76.8 Å². The van der Waals surface area contributed by atoms with Gasteiger partial charge in [-0.25, -0.2) is 0 Å². The van der Waals surface area contributed by atoms with Crippen LogP contribution in [0.4, 0.5) is 0 Å². The van der Waals surface area contributed by atoms with Gasteiger partial charge in [0.2, 0.25) is 5.91 Å². The molecule has 2 aliphatic carbocycles. The van der Waals surface area contributed by atoms with Gasteiger partial charge in [0.05, 0.1) is 0 Å². The number of rotatable bonds is 1. The topological polar surface area (TPSA) is 46.3 Å². The fraction of sp³-hybridized carbons (Fsp3) is 0.941. The van der Waals surface area contributed by atoms with Gasteiger partial charge in [-0.2, -0.15) is 0 Å². The number of hydrogen-bond acceptors (Lipinski definition) is 2. The van der Waals surface area contributed by atoms with E-state index in [9.17, 15) is 4.79 Å². The van der Waals surface area contributed by atoms with Crippen molar-refractivity contribution in [1.82, 2.24) is 4.90 Å². The lowest BCUT2D eigenvalue weighted by molar-refractivity contribution is -0.145. The van der Waals surface area contributed by atoms with Crippen molar-refractivity contribution in [3.05, 3.63) is 0 Å². The Balaban J connectivity index is 1.71. The van der Waals surface area contributed by atoms with Crippen LogP contribution in [0.3, 0.4) is 0 Å². The van der Waals surface area contributed by atoms with Crippen LogP contribution in [-0.2, 0) is 4.79 Å². The van der Waals surface area contributed by atoms with Crippen molar-refractivity contribution in [2.24, 2.45) is 23.5 Å². The number of piperidine rings is 1. The van der Waals surface area contributed by atoms with E-state index in [1.54, 1.807) is 0 Å². The highest BCUT2D eigenvalue weighted by Crippen LogP contribution is 2.38. The summed E-state index contributed by atoms with van der Waals surface area (Å²) >= 11 is 0. The largest absolute Gasteiger partial charge is 0.339 e. The molecule has 20 heavy (non-hydrogen) atoms. The highest BCUT2D eigenvalue weighted by atomic mass is 16.2. The van der Waals surface area contributed by atoms with E-state index in [2.05, 4.69) is 11.8 Å². The first-order valence-electron chi connectivity index (χ1n) is 8.74. The summed E-state index contributed by atoms with van der Waals surface area (Å²) in [6.45, 7) is 3.19. The molecule has 3 heteroatoms. The van der Waals surface area contributed by atoms with Crippen molar-refractivity contribution < 1.29 is 4.79 Å². The second-order valence-electron chi connectivity index (χ2n) is 7.35. The molecule has 0 radical (unpaired) electrons. The molecule has 1 aliphatic heterocycles. The molecule has 3 fully saturated rings. The first-order chi connectivity index (χ1) is 9.68. The predicted molar refractivity (Wildman–Crippen MR) is 81.2 cm³/mol. The Bertz CT molecular complexity index is 355.